The van der Waals surface area contributed by atoms with Gasteiger partial charge >= 0.3 is 6.09 Å². The Balaban J connectivity index is 1.63. The van der Waals surface area contributed by atoms with E-state index in [1.807, 2.05) is 36.5 Å². The van der Waals surface area contributed by atoms with E-state index >= 15 is 0 Å². The van der Waals surface area contributed by atoms with Gasteiger partial charge < -0.3 is 15.0 Å². The maximum absolute atomic E-state index is 12.3. The molecule has 3 rings (SSSR count). The standard InChI is InChI=1S/C17H28N4O2/c1-17(2,3)23-16(22)20-8-4-5-15(12-20)21-11-14(10-19-21)13-6-7-18-9-13/h10-11,13,15,18H,4-9,12H2,1-3H3. The molecule has 2 fully saturated rings. The highest BCUT2D eigenvalue weighted by molar-refractivity contribution is 5.68. The van der Waals surface area contributed by atoms with Gasteiger partial charge in [0, 0.05) is 31.7 Å². The quantitative estimate of drug-likeness (QED) is 0.910. The number of nitrogens with zero attached hydrogens (tertiary/aromatic N) is 3. The minimum Gasteiger partial charge on any atom is -0.444 e. The molecule has 23 heavy (non-hydrogen) atoms. The highest BCUT2D eigenvalue weighted by Crippen LogP contribution is 2.26. The summed E-state index contributed by atoms with van der Waals surface area (Å²) in [6, 6.07) is 0.249. The van der Waals surface area contributed by atoms with Gasteiger partial charge in [-0.1, -0.05) is 0 Å². The molecule has 0 saturated carbocycles. The second-order valence-corrected chi connectivity index (χ2v) is 7.67. The summed E-state index contributed by atoms with van der Waals surface area (Å²) in [5.74, 6) is 0.578. The van der Waals surface area contributed by atoms with Crippen LogP contribution in [0.25, 0.3) is 0 Å². The molecule has 6 heteroatoms. The minimum absolute atomic E-state index is 0.213. The number of carbonyl (C=O) groups is 1. The third-order valence-corrected chi connectivity index (χ3v) is 4.58. The maximum atomic E-state index is 12.3. The number of aromatic nitrogens is 2. The summed E-state index contributed by atoms with van der Waals surface area (Å²) in [6.07, 6.45) is 7.17. The van der Waals surface area contributed by atoms with Crippen LogP contribution in [0.3, 0.4) is 0 Å². The lowest BCUT2D eigenvalue weighted by molar-refractivity contribution is 0.0167. The zero-order valence-electron chi connectivity index (χ0n) is 14.4. The molecule has 0 radical (unpaired) electrons. The van der Waals surface area contributed by atoms with Crippen LogP contribution in [0.5, 0.6) is 0 Å². The van der Waals surface area contributed by atoms with Crippen LogP contribution in [-0.2, 0) is 4.74 Å². The van der Waals surface area contributed by atoms with E-state index in [9.17, 15) is 4.79 Å². The maximum Gasteiger partial charge on any atom is 0.410 e. The lowest BCUT2D eigenvalue weighted by atomic mass is 10.0. The smallest absolute Gasteiger partial charge is 0.410 e. The number of nitrogens with one attached hydrogen (secondary N) is 1. The minimum atomic E-state index is -0.446. The van der Waals surface area contributed by atoms with Gasteiger partial charge in [0.25, 0.3) is 0 Å². The van der Waals surface area contributed by atoms with Crippen molar-refractivity contribution >= 4 is 6.09 Å². The molecule has 128 valence electrons. The van der Waals surface area contributed by atoms with Gasteiger partial charge in [-0.15, -0.1) is 0 Å². The van der Waals surface area contributed by atoms with Crippen LogP contribution in [0.4, 0.5) is 4.79 Å². The summed E-state index contributed by atoms with van der Waals surface area (Å²) >= 11 is 0. The Labute approximate surface area is 138 Å². The molecule has 3 heterocycles. The lowest BCUT2D eigenvalue weighted by Crippen LogP contribution is -2.43. The van der Waals surface area contributed by atoms with Crippen LogP contribution in [0.15, 0.2) is 12.4 Å². The summed E-state index contributed by atoms with van der Waals surface area (Å²) in [6.45, 7) is 9.29. The topological polar surface area (TPSA) is 59.4 Å². The highest BCUT2D eigenvalue weighted by Gasteiger charge is 2.29. The van der Waals surface area contributed by atoms with Crippen molar-refractivity contribution in [3.63, 3.8) is 0 Å². The number of likely N-dealkylation sites (tertiary alicyclic amines) is 1. The fraction of sp³-hybridized carbons (Fsp3) is 0.765. The molecular weight excluding hydrogens is 292 g/mol. The van der Waals surface area contributed by atoms with Gasteiger partial charge in [-0.05, 0) is 52.1 Å². The molecule has 1 N–H and O–H groups in total. The van der Waals surface area contributed by atoms with E-state index in [4.69, 9.17) is 4.74 Å². The Morgan fingerprint density at radius 1 is 1.39 bits per heavy atom. The van der Waals surface area contributed by atoms with Gasteiger partial charge in [-0.2, -0.15) is 5.10 Å². The van der Waals surface area contributed by atoms with Gasteiger partial charge in [0.2, 0.25) is 0 Å². The third-order valence-electron chi connectivity index (χ3n) is 4.58. The van der Waals surface area contributed by atoms with Crippen molar-refractivity contribution in [2.75, 3.05) is 26.2 Å². The molecule has 0 aliphatic carbocycles. The second-order valence-electron chi connectivity index (χ2n) is 7.67. The van der Waals surface area contributed by atoms with Crippen LogP contribution >= 0.6 is 0 Å². The van der Waals surface area contributed by atoms with Crippen molar-refractivity contribution in [1.82, 2.24) is 20.0 Å². The largest absolute Gasteiger partial charge is 0.444 e. The monoisotopic (exact) mass is 320 g/mol. The van der Waals surface area contributed by atoms with Crippen LogP contribution in [0, 0.1) is 0 Å². The fourth-order valence-corrected chi connectivity index (χ4v) is 3.37. The average molecular weight is 320 g/mol. The van der Waals surface area contributed by atoms with Crippen molar-refractivity contribution in [3.8, 4) is 0 Å². The molecule has 1 aromatic rings. The number of ether oxygens (including phenoxy) is 1. The summed E-state index contributed by atoms with van der Waals surface area (Å²) in [7, 11) is 0. The van der Waals surface area contributed by atoms with Crippen LogP contribution in [0.2, 0.25) is 0 Å². The molecule has 6 nitrogen and oxygen atoms in total. The predicted molar refractivity (Wildman–Crippen MR) is 88.5 cm³/mol. The molecule has 1 amide bonds. The Kier molecular flexibility index (Phi) is 4.62. The zero-order chi connectivity index (χ0) is 16.4. The molecule has 2 unspecified atom stereocenters. The molecule has 0 bridgehead atoms. The first kappa shape index (κ1) is 16.3. The van der Waals surface area contributed by atoms with Crippen molar-refractivity contribution in [2.24, 2.45) is 0 Å². The van der Waals surface area contributed by atoms with E-state index in [0.29, 0.717) is 12.5 Å². The average Bonchev–Trinajstić information content (AvgIpc) is 3.17. The zero-order valence-corrected chi connectivity index (χ0v) is 14.4. The number of hydrogen-bond donors (Lipinski definition) is 1. The number of rotatable bonds is 2. The summed E-state index contributed by atoms with van der Waals surface area (Å²) in [5, 5.41) is 7.96. The van der Waals surface area contributed by atoms with Gasteiger partial charge in [-0.25, -0.2) is 4.79 Å². The van der Waals surface area contributed by atoms with Gasteiger partial charge in [0.05, 0.1) is 12.2 Å². The first-order valence-corrected chi connectivity index (χ1v) is 8.65. The van der Waals surface area contributed by atoms with Crippen molar-refractivity contribution < 1.29 is 9.53 Å². The fourth-order valence-electron chi connectivity index (χ4n) is 3.37. The number of piperidine rings is 1. The molecule has 2 aliphatic heterocycles. The SMILES string of the molecule is CC(C)(C)OC(=O)N1CCCC(n2cc(C3CCNC3)cn2)C1. The van der Waals surface area contributed by atoms with E-state index in [0.717, 1.165) is 32.5 Å². The molecule has 0 aromatic carbocycles. The Morgan fingerprint density at radius 3 is 2.91 bits per heavy atom. The Morgan fingerprint density at radius 2 is 2.22 bits per heavy atom. The van der Waals surface area contributed by atoms with Gasteiger partial charge in [-0.3, -0.25) is 4.68 Å². The second kappa shape index (κ2) is 6.51. The first-order valence-electron chi connectivity index (χ1n) is 8.65. The van der Waals surface area contributed by atoms with Gasteiger partial charge in [0.15, 0.2) is 0 Å². The van der Waals surface area contributed by atoms with E-state index in [-0.39, 0.29) is 12.1 Å². The lowest BCUT2D eigenvalue weighted by Gasteiger charge is -2.34. The van der Waals surface area contributed by atoms with Gasteiger partial charge in [0.1, 0.15) is 5.60 Å². The summed E-state index contributed by atoms with van der Waals surface area (Å²) < 4.78 is 7.54. The molecular formula is C17H28N4O2. The predicted octanol–water partition coefficient (Wildman–Crippen LogP) is 2.53. The summed E-state index contributed by atoms with van der Waals surface area (Å²) in [4.78, 5) is 14.1. The van der Waals surface area contributed by atoms with Crippen molar-refractivity contribution in [2.45, 2.75) is 57.6 Å². The van der Waals surface area contributed by atoms with Crippen molar-refractivity contribution in [1.29, 1.82) is 0 Å². The number of hydrogen-bond acceptors (Lipinski definition) is 4. The normalized spacial score (nSPS) is 25.6. The van der Waals surface area contributed by atoms with E-state index in [1.54, 1.807) is 0 Å². The number of amides is 1. The van der Waals surface area contributed by atoms with Crippen LogP contribution in [0.1, 0.15) is 57.6 Å². The first-order chi connectivity index (χ1) is 10.9. The molecule has 0 spiro atoms. The van der Waals surface area contributed by atoms with Crippen LogP contribution in [-0.4, -0.2) is 52.6 Å². The Hall–Kier alpha value is -1.56. The van der Waals surface area contributed by atoms with Crippen LogP contribution < -0.4 is 5.32 Å². The Bertz CT molecular complexity index is 543. The summed E-state index contributed by atoms with van der Waals surface area (Å²) in [5.41, 5.74) is 0.864. The van der Waals surface area contributed by atoms with E-state index in [2.05, 4.69) is 16.6 Å². The molecule has 2 aliphatic rings. The van der Waals surface area contributed by atoms with Crippen molar-refractivity contribution in [3.05, 3.63) is 18.0 Å². The molecule has 2 saturated heterocycles. The third kappa shape index (κ3) is 4.05. The number of carbonyl (C=O) groups excluding carboxylic acids is 1. The van der Waals surface area contributed by atoms with E-state index < -0.39 is 5.60 Å². The highest BCUT2D eigenvalue weighted by atomic mass is 16.6. The molecule has 1 aromatic heterocycles. The molecule has 2 atom stereocenters. The van der Waals surface area contributed by atoms with E-state index in [1.165, 1.54) is 12.0 Å².